The maximum absolute atomic E-state index is 13.4. The normalized spacial score (nSPS) is 12.3. The van der Waals surface area contributed by atoms with E-state index in [9.17, 15) is 13.6 Å². The molecule has 0 radical (unpaired) electrons. The molecule has 0 saturated heterocycles. The van der Waals surface area contributed by atoms with Gasteiger partial charge in [-0.1, -0.05) is 6.92 Å². The predicted octanol–water partition coefficient (Wildman–Crippen LogP) is 1.95. The highest BCUT2D eigenvalue weighted by molar-refractivity contribution is 5.94. The van der Waals surface area contributed by atoms with Crippen LogP contribution in [0.25, 0.3) is 0 Å². The van der Waals surface area contributed by atoms with Crippen molar-refractivity contribution in [2.75, 3.05) is 18.6 Å². The fraction of sp³-hybridized carbons (Fsp3) is 0.417. The summed E-state index contributed by atoms with van der Waals surface area (Å²) in [5.41, 5.74) is 0.00306. The summed E-state index contributed by atoms with van der Waals surface area (Å²) in [5, 5.41) is 9.00. The Morgan fingerprint density at radius 3 is 2.59 bits per heavy atom. The van der Waals surface area contributed by atoms with Crippen molar-refractivity contribution in [1.82, 2.24) is 0 Å². The molecule has 1 aromatic carbocycles. The van der Waals surface area contributed by atoms with E-state index in [-0.39, 0.29) is 18.2 Å². The molecule has 1 unspecified atom stereocenters. The first-order valence-corrected chi connectivity index (χ1v) is 5.34. The summed E-state index contributed by atoms with van der Waals surface area (Å²) in [6.07, 6.45) is 0.461. The molecule has 5 heteroatoms. The molecular formula is C12H15F2NO2. The number of amides is 1. The van der Waals surface area contributed by atoms with Crippen molar-refractivity contribution in [2.24, 2.45) is 5.92 Å². The quantitative estimate of drug-likeness (QED) is 0.878. The van der Waals surface area contributed by atoms with Crippen LogP contribution in [-0.2, 0) is 4.79 Å². The lowest BCUT2D eigenvalue weighted by Gasteiger charge is -2.22. The maximum atomic E-state index is 13.4. The molecule has 3 nitrogen and oxygen atoms in total. The minimum Gasteiger partial charge on any atom is -0.396 e. The number of hydrogen-bond donors (Lipinski definition) is 1. The fourth-order valence-electron chi connectivity index (χ4n) is 1.53. The van der Waals surface area contributed by atoms with Gasteiger partial charge in [0.25, 0.3) is 0 Å². The molecule has 1 N–H and O–H groups in total. The smallest absolute Gasteiger partial charge is 0.232 e. The van der Waals surface area contributed by atoms with Gasteiger partial charge in [0.05, 0.1) is 18.2 Å². The molecule has 0 aliphatic heterocycles. The van der Waals surface area contributed by atoms with Gasteiger partial charge in [-0.05, 0) is 18.6 Å². The molecule has 0 bridgehead atoms. The van der Waals surface area contributed by atoms with Gasteiger partial charge in [0, 0.05) is 13.1 Å². The molecule has 1 rings (SSSR count). The Bertz CT molecular complexity index is 405. The van der Waals surface area contributed by atoms with E-state index in [0.29, 0.717) is 6.42 Å². The molecule has 0 fully saturated rings. The van der Waals surface area contributed by atoms with Crippen molar-refractivity contribution in [2.45, 2.75) is 13.3 Å². The highest BCUT2D eigenvalue weighted by Gasteiger charge is 2.22. The molecule has 1 aromatic rings. The van der Waals surface area contributed by atoms with Gasteiger partial charge in [-0.3, -0.25) is 4.79 Å². The number of nitrogens with zero attached hydrogens (tertiary/aromatic N) is 1. The molecule has 94 valence electrons. The van der Waals surface area contributed by atoms with Crippen LogP contribution in [0.15, 0.2) is 18.2 Å². The van der Waals surface area contributed by atoms with Crippen molar-refractivity contribution >= 4 is 11.6 Å². The van der Waals surface area contributed by atoms with E-state index in [4.69, 9.17) is 5.11 Å². The van der Waals surface area contributed by atoms with Crippen LogP contribution in [0.2, 0.25) is 0 Å². The summed E-state index contributed by atoms with van der Waals surface area (Å²) in [7, 11) is 1.40. The van der Waals surface area contributed by atoms with E-state index in [0.717, 1.165) is 17.0 Å². The average molecular weight is 243 g/mol. The highest BCUT2D eigenvalue weighted by Crippen LogP contribution is 2.21. The summed E-state index contributed by atoms with van der Waals surface area (Å²) < 4.78 is 26.2. The number of benzene rings is 1. The van der Waals surface area contributed by atoms with Gasteiger partial charge < -0.3 is 10.0 Å². The Morgan fingerprint density at radius 2 is 2.12 bits per heavy atom. The Kier molecular flexibility index (Phi) is 4.57. The zero-order valence-corrected chi connectivity index (χ0v) is 9.78. The molecule has 1 atom stereocenters. The third-order valence-corrected chi connectivity index (χ3v) is 2.66. The van der Waals surface area contributed by atoms with Gasteiger partial charge in [-0.25, -0.2) is 8.78 Å². The monoisotopic (exact) mass is 243 g/mol. The van der Waals surface area contributed by atoms with Crippen molar-refractivity contribution < 1.29 is 18.7 Å². The minimum absolute atomic E-state index is 0.00306. The standard InChI is InChI=1S/C12H15F2NO2/c1-3-8(7-16)12(17)15(2)11-5-4-9(13)6-10(11)14/h4-6,8,16H,3,7H2,1-2H3. The number of aliphatic hydroxyl groups excluding tert-OH is 1. The van der Waals surface area contributed by atoms with E-state index in [1.807, 2.05) is 0 Å². The highest BCUT2D eigenvalue weighted by atomic mass is 19.1. The number of carbonyl (C=O) groups is 1. The number of halogens is 2. The van der Waals surface area contributed by atoms with Crippen molar-refractivity contribution in [1.29, 1.82) is 0 Å². The molecule has 0 aliphatic rings. The third kappa shape index (κ3) is 3.00. The second-order valence-corrected chi connectivity index (χ2v) is 3.78. The number of aliphatic hydroxyl groups is 1. The summed E-state index contributed by atoms with van der Waals surface area (Å²) in [6.45, 7) is 1.47. The predicted molar refractivity (Wildman–Crippen MR) is 60.6 cm³/mol. The number of rotatable bonds is 4. The fourth-order valence-corrected chi connectivity index (χ4v) is 1.53. The first kappa shape index (κ1) is 13.6. The van der Waals surface area contributed by atoms with Crippen LogP contribution in [0.1, 0.15) is 13.3 Å². The number of carbonyl (C=O) groups excluding carboxylic acids is 1. The van der Waals surface area contributed by atoms with Crippen molar-refractivity contribution in [3.8, 4) is 0 Å². The summed E-state index contributed by atoms with van der Waals surface area (Å²) >= 11 is 0. The Morgan fingerprint density at radius 1 is 1.47 bits per heavy atom. The van der Waals surface area contributed by atoms with Crippen LogP contribution in [-0.4, -0.2) is 24.7 Å². The van der Waals surface area contributed by atoms with Crippen LogP contribution >= 0.6 is 0 Å². The Balaban J connectivity index is 2.95. The molecule has 0 spiro atoms. The third-order valence-electron chi connectivity index (χ3n) is 2.66. The summed E-state index contributed by atoms with van der Waals surface area (Å²) in [5.74, 6) is -2.44. The first-order valence-electron chi connectivity index (χ1n) is 5.34. The summed E-state index contributed by atoms with van der Waals surface area (Å²) in [6, 6.07) is 3.01. The van der Waals surface area contributed by atoms with Gasteiger partial charge in [0.15, 0.2) is 0 Å². The molecule has 1 amide bonds. The van der Waals surface area contributed by atoms with E-state index >= 15 is 0 Å². The van der Waals surface area contributed by atoms with Crippen LogP contribution in [0.5, 0.6) is 0 Å². The zero-order valence-electron chi connectivity index (χ0n) is 9.78. The van der Waals surface area contributed by atoms with Crippen molar-refractivity contribution in [3.63, 3.8) is 0 Å². The second kappa shape index (κ2) is 5.72. The molecule has 17 heavy (non-hydrogen) atoms. The molecular weight excluding hydrogens is 228 g/mol. The first-order chi connectivity index (χ1) is 8.01. The van der Waals surface area contributed by atoms with Gasteiger partial charge in [-0.2, -0.15) is 0 Å². The SMILES string of the molecule is CCC(CO)C(=O)N(C)c1ccc(F)cc1F. The van der Waals surface area contributed by atoms with Crippen LogP contribution in [0, 0.1) is 17.6 Å². The number of anilines is 1. The van der Waals surface area contributed by atoms with E-state index < -0.39 is 17.6 Å². The zero-order chi connectivity index (χ0) is 13.0. The minimum atomic E-state index is -0.798. The Hall–Kier alpha value is -1.49. The molecule has 0 aromatic heterocycles. The van der Waals surface area contributed by atoms with Crippen LogP contribution in [0.4, 0.5) is 14.5 Å². The Labute approximate surface area is 98.7 Å². The maximum Gasteiger partial charge on any atom is 0.232 e. The number of hydrogen-bond acceptors (Lipinski definition) is 2. The molecule has 0 aliphatic carbocycles. The van der Waals surface area contributed by atoms with Gasteiger partial charge in [0.1, 0.15) is 11.6 Å². The molecule has 0 saturated carbocycles. The molecule has 0 heterocycles. The average Bonchev–Trinajstić information content (AvgIpc) is 2.29. The van der Waals surface area contributed by atoms with Crippen LogP contribution in [0.3, 0.4) is 0 Å². The second-order valence-electron chi connectivity index (χ2n) is 3.78. The van der Waals surface area contributed by atoms with E-state index in [2.05, 4.69) is 0 Å². The lowest BCUT2D eigenvalue weighted by molar-refractivity contribution is -0.123. The largest absolute Gasteiger partial charge is 0.396 e. The van der Waals surface area contributed by atoms with E-state index in [1.54, 1.807) is 6.92 Å². The van der Waals surface area contributed by atoms with Gasteiger partial charge in [-0.15, -0.1) is 0 Å². The topological polar surface area (TPSA) is 40.5 Å². The van der Waals surface area contributed by atoms with Crippen LogP contribution < -0.4 is 4.90 Å². The lowest BCUT2D eigenvalue weighted by Crippen LogP contribution is -2.34. The summed E-state index contributed by atoms with van der Waals surface area (Å²) in [4.78, 5) is 12.9. The van der Waals surface area contributed by atoms with Gasteiger partial charge >= 0.3 is 0 Å². The van der Waals surface area contributed by atoms with Crippen molar-refractivity contribution in [3.05, 3.63) is 29.8 Å². The lowest BCUT2D eigenvalue weighted by atomic mass is 10.1. The van der Waals surface area contributed by atoms with Gasteiger partial charge in [0.2, 0.25) is 5.91 Å². The van der Waals surface area contributed by atoms with E-state index in [1.165, 1.54) is 13.1 Å².